The van der Waals surface area contributed by atoms with E-state index in [9.17, 15) is 0 Å². The van der Waals surface area contributed by atoms with Crippen molar-refractivity contribution in [3.8, 4) is 0 Å². The first kappa shape index (κ1) is 11.1. The second kappa shape index (κ2) is 4.61. The molecule has 0 amide bonds. The Morgan fingerprint density at radius 1 is 1.50 bits per heavy atom. The van der Waals surface area contributed by atoms with Crippen LogP contribution in [-0.4, -0.2) is 9.97 Å². The van der Waals surface area contributed by atoms with E-state index in [1.165, 1.54) is 10.9 Å². The SMILES string of the molecule is CC/C=C(/N)Cc1ncnc2scc(C)c12. The van der Waals surface area contributed by atoms with E-state index in [0.29, 0.717) is 6.42 Å². The average Bonchev–Trinajstić information content (AvgIpc) is 2.62. The summed E-state index contributed by atoms with van der Waals surface area (Å²) in [5.41, 5.74) is 9.08. The fourth-order valence-corrected chi connectivity index (χ4v) is 2.66. The van der Waals surface area contributed by atoms with Gasteiger partial charge in [0.1, 0.15) is 11.2 Å². The minimum Gasteiger partial charge on any atom is -0.402 e. The third kappa shape index (κ3) is 2.07. The summed E-state index contributed by atoms with van der Waals surface area (Å²) in [6.07, 6.45) is 5.33. The van der Waals surface area contributed by atoms with Crippen molar-refractivity contribution in [2.45, 2.75) is 26.7 Å². The van der Waals surface area contributed by atoms with Crippen LogP contribution in [0.4, 0.5) is 0 Å². The molecule has 0 spiro atoms. The van der Waals surface area contributed by atoms with Crippen LogP contribution < -0.4 is 5.73 Å². The Morgan fingerprint density at radius 2 is 2.31 bits per heavy atom. The van der Waals surface area contributed by atoms with Gasteiger partial charge in [-0.1, -0.05) is 13.0 Å². The van der Waals surface area contributed by atoms with Crippen LogP contribution in [0.5, 0.6) is 0 Å². The molecule has 0 aliphatic rings. The number of thiophene rings is 1. The standard InChI is InChI=1S/C12H15N3S/c1-3-4-9(13)5-10-11-8(2)6-16-12(11)15-7-14-10/h4,6-7H,3,5,13H2,1-2H3/b9-4+. The van der Waals surface area contributed by atoms with Gasteiger partial charge in [-0.15, -0.1) is 11.3 Å². The monoisotopic (exact) mass is 233 g/mol. The van der Waals surface area contributed by atoms with Crippen molar-refractivity contribution in [1.82, 2.24) is 9.97 Å². The molecule has 2 rings (SSSR count). The van der Waals surface area contributed by atoms with Gasteiger partial charge in [-0.05, 0) is 24.3 Å². The van der Waals surface area contributed by atoms with Gasteiger partial charge in [0.15, 0.2) is 0 Å². The third-order valence-electron chi connectivity index (χ3n) is 2.47. The van der Waals surface area contributed by atoms with Gasteiger partial charge in [-0.2, -0.15) is 0 Å². The number of aryl methyl sites for hydroxylation is 1. The molecule has 0 saturated carbocycles. The fraction of sp³-hybridized carbons (Fsp3) is 0.333. The minimum absolute atomic E-state index is 0.713. The van der Waals surface area contributed by atoms with E-state index in [2.05, 4.69) is 29.2 Å². The molecule has 0 radical (unpaired) electrons. The number of aromatic nitrogens is 2. The first-order chi connectivity index (χ1) is 7.72. The molecule has 2 heterocycles. The Bertz CT molecular complexity index is 528. The van der Waals surface area contributed by atoms with Crippen LogP contribution in [0.15, 0.2) is 23.5 Å². The third-order valence-corrected chi connectivity index (χ3v) is 3.47. The summed E-state index contributed by atoms with van der Waals surface area (Å²) in [4.78, 5) is 9.65. The summed E-state index contributed by atoms with van der Waals surface area (Å²) in [6.45, 7) is 4.17. The Kier molecular flexibility index (Phi) is 3.19. The minimum atomic E-state index is 0.713. The summed E-state index contributed by atoms with van der Waals surface area (Å²) in [6, 6.07) is 0. The molecule has 0 aromatic carbocycles. The van der Waals surface area contributed by atoms with Gasteiger partial charge in [0, 0.05) is 17.5 Å². The second-order valence-electron chi connectivity index (χ2n) is 3.78. The normalized spacial score (nSPS) is 12.2. The van der Waals surface area contributed by atoms with E-state index in [0.717, 1.165) is 22.6 Å². The first-order valence-corrected chi connectivity index (χ1v) is 6.22. The maximum absolute atomic E-state index is 5.93. The highest BCUT2D eigenvalue weighted by Gasteiger charge is 2.08. The Morgan fingerprint density at radius 3 is 3.06 bits per heavy atom. The first-order valence-electron chi connectivity index (χ1n) is 5.34. The van der Waals surface area contributed by atoms with Gasteiger partial charge in [0.2, 0.25) is 0 Å². The zero-order valence-corrected chi connectivity index (χ0v) is 10.3. The summed E-state index contributed by atoms with van der Waals surface area (Å²) in [7, 11) is 0. The van der Waals surface area contributed by atoms with E-state index in [-0.39, 0.29) is 0 Å². The molecule has 0 bridgehead atoms. The van der Waals surface area contributed by atoms with Gasteiger partial charge in [-0.3, -0.25) is 0 Å². The van der Waals surface area contributed by atoms with E-state index in [1.54, 1.807) is 17.7 Å². The molecule has 0 atom stereocenters. The quantitative estimate of drug-likeness (QED) is 0.887. The number of nitrogens with zero attached hydrogens (tertiary/aromatic N) is 2. The number of rotatable bonds is 3. The topological polar surface area (TPSA) is 51.8 Å². The highest BCUT2D eigenvalue weighted by molar-refractivity contribution is 7.16. The summed E-state index contributed by atoms with van der Waals surface area (Å²) < 4.78 is 0. The Hall–Kier alpha value is -1.42. The van der Waals surface area contributed by atoms with Crippen LogP contribution in [0.1, 0.15) is 24.6 Å². The number of nitrogens with two attached hydrogens (primary N) is 1. The lowest BCUT2D eigenvalue weighted by atomic mass is 10.1. The molecule has 4 heteroatoms. The lowest BCUT2D eigenvalue weighted by molar-refractivity contribution is 1.01. The van der Waals surface area contributed by atoms with Crippen molar-refractivity contribution in [1.29, 1.82) is 0 Å². The molecule has 84 valence electrons. The van der Waals surface area contributed by atoms with Gasteiger partial charge in [-0.25, -0.2) is 9.97 Å². The average molecular weight is 233 g/mol. The van der Waals surface area contributed by atoms with Crippen molar-refractivity contribution in [2.75, 3.05) is 0 Å². The smallest absolute Gasteiger partial charge is 0.127 e. The predicted molar refractivity (Wildman–Crippen MR) is 68.4 cm³/mol. The molecule has 2 aromatic rings. The van der Waals surface area contributed by atoms with Crippen LogP contribution in [0.2, 0.25) is 0 Å². The predicted octanol–water partition coefficient (Wildman–Crippen LogP) is 2.79. The fourth-order valence-electron chi connectivity index (χ4n) is 1.75. The number of hydrogen-bond acceptors (Lipinski definition) is 4. The molecule has 0 fully saturated rings. The zero-order valence-electron chi connectivity index (χ0n) is 9.53. The molecule has 0 aliphatic carbocycles. The Balaban J connectivity index is 2.44. The number of allylic oxidation sites excluding steroid dienone is 2. The molecule has 2 aromatic heterocycles. The maximum atomic E-state index is 5.93. The molecule has 16 heavy (non-hydrogen) atoms. The summed E-state index contributed by atoms with van der Waals surface area (Å²) >= 11 is 1.66. The van der Waals surface area contributed by atoms with E-state index >= 15 is 0 Å². The van der Waals surface area contributed by atoms with Gasteiger partial charge in [0.25, 0.3) is 0 Å². The molecule has 3 nitrogen and oxygen atoms in total. The van der Waals surface area contributed by atoms with Gasteiger partial charge < -0.3 is 5.73 Å². The number of fused-ring (bicyclic) bond motifs is 1. The maximum Gasteiger partial charge on any atom is 0.127 e. The largest absolute Gasteiger partial charge is 0.402 e. The van der Waals surface area contributed by atoms with E-state index in [4.69, 9.17) is 5.73 Å². The zero-order chi connectivity index (χ0) is 11.5. The van der Waals surface area contributed by atoms with Crippen molar-refractivity contribution in [3.05, 3.63) is 34.7 Å². The van der Waals surface area contributed by atoms with Crippen molar-refractivity contribution < 1.29 is 0 Å². The summed E-state index contributed by atoms with van der Waals surface area (Å²) in [5.74, 6) is 0. The molecule has 0 saturated heterocycles. The second-order valence-corrected chi connectivity index (χ2v) is 4.64. The van der Waals surface area contributed by atoms with Crippen LogP contribution in [0.25, 0.3) is 10.2 Å². The molecule has 0 unspecified atom stereocenters. The highest BCUT2D eigenvalue weighted by atomic mass is 32.1. The van der Waals surface area contributed by atoms with Gasteiger partial charge >= 0.3 is 0 Å². The lowest BCUT2D eigenvalue weighted by Gasteiger charge is -2.03. The van der Waals surface area contributed by atoms with Crippen molar-refractivity contribution >= 4 is 21.6 Å². The van der Waals surface area contributed by atoms with Crippen molar-refractivity contribution in [3.63, 3.8) is 0 Å². The lowest BCUT2D eigenvalue weighted by Crippen LogP contribution is -2.03. The van der Waals surface area contributed by atoms with E-state index < -0.39 is 0 Å². The van der Waals surface area contributed by atoms with Crippen LogP contribution in [0, 0.1) is 6.92 Å². The van der Waals surface area contributed by atoms with Crippen LogP contribution in [-0.2, 0) is 6.42 Å². The number of hydrogen-bond donors (Lipinski definition) is 1. The van der Waals surface area contributed by atoms with Crippen LogP contribution >= 0.6 is 11.3 Å². The van der Waals surface area contributed by atoms with Crippen LogP contribution in [0.3, 0.4) is 0 Å². The molecule has 0 aliphatic heterocycles. The summed E-state index contributed by atoms with van der Waals surface area (Å²) in [5, 5.41) is 3.28. The molecular formula is C12H15N3S. The Labute approximate surface area is 99.0 Å². The highest BCUT2D eigenvalue weighted by Crippen LogP contribution is 2.26. The van der Waals surface area contributed by atoms with Crippen molar-refractivity contribution in [2.24, 2.45) is 5.73 Å². The van der Waals surface area contributed by atoms with Gasteiger partial charge in [0.05, 0.1) is 5.69 Å². The van der Waals surface area contributed by atoms with E-state index in [1.807, 2.05) is 6.08 Å². The molecular weight excluding hydrogens is 218 g/mol. The molecule has 2 N–H and O–H groups in total.